The van der Waals surface area contributed by atoms with Crippen molar-refractivity contribution in [2.24, 2.45) is 0 Å². The first kappa shape index (κ1) is 8.38. The Morgan fingerprint density at radius 1 is 1.27 bits per heavy atom. The van der Waals surface area contributed by atoms with Crippen LogP contribution in [0.3, 0.4) is 0 Å². The van der Waals surface area contributed by atoms with E-state index in [2.05, 4.69) is 6.58 Å². The first-order valence-electron chi connectivity index (χ1n) is 4.34. The van der Waals surface area contributed by atoms with Gasteiger partial charge in [0.1, 0.15) is 6.61 Å². The van der Waals surface area contributed by atoms with Crippen LogP contribution >= 0.6 is 0 Å². The monoisotopic (exact) mass is 152 g/mol. The van der Waals surface area contributed by atoms with Crippen molar-refractivity contribution >= 4 is 0 Å². The Bertz CT molecular complexity index is 139. The van der Waals surface area contributed by atoms with Gasteiger partial charge in [0, 0.05) is 0 Å². The minimum Gasteiger partial charge on any atom is -0.497 e. The Balaban J connectivity index is 2.20. The Morgan fingerprint density at radius 3 is 2.64 bits per heavy atom. The summed E-state index contributed by atoms with van der Waals surface area (Å²) in [7, 11) is 0. The van der Waals surface area contributed by atoms with E-state index in [4.69, 9.17) is 4.74 Å². The van der Waals surface area contributed by atoms with Crippen LogP contribution in [0.5, 0.6) is 0 Å². The number of hydrogen-bond donors (Lipinski definition) is 0. The standard InChI is InChI=1S/C10H16O/c1-2-8-11-9-10-6-4-3-5-7-10/h2,9H,1,3-8H2. The molecule has 1 aliphatic carbocycles. The summed E-state index contributed by atoms with van der Waals surface area (Å²) >= 11 is 0. The molecule has 0 aromatic rings. The Morgan fingerprint density at radius 2 is 2.00 bits per heavy atom. The largest absolute Gasteiger partial charge is 0.497 e. The molecular formula is C10H16O. The molecular weight excluding hydrogens is 136 g/mol. The van der Waals surface area contributed by atoms with Gasteiger partial charge in [-0.3, -0.25) is 0 Å². The molecule has 0 aliphatic heterocycles. The van der Waals surface area contributed by atoms with Crippen molar-refractivity contribution in [1.29, 1.82) is 0 Å². The van der Waals surface area contributed by atoms with Gasteiger partial charge >= 0.3 is 0 Å². The third-order valence-electron chi connectivity index (χ3n) is 1.96. The molecule has 1 rings (SSSR count). The molecule has 0 aromatic heterocycles. The zero-order valence-electron chi connectivity index (χ0n) is 7.01. The maximum atomic E-state index is 5.24. The van der Waals surface area contributed by atoms with E-state index in [1.54, 1.807) is 6.08 Å². The van der Waals surface area contributed by atoms with E-state index in [0.717, 1.165) is 0 Å². The average Bonchev–Trinajstić information content (AvgIpc) is 2.07. The maximum Gasteiger partial charge on any atom is 0.105 e. The molecule has 0 bridgehead atoms. The quantitative estimate of drug-likeness (QED) is 0.343. The third-order valence-corrected chi connectivity index (χ3v) is 1.96. The second kappa shape index (κ2) is 5.00. The summed E-state index contributed by atoms with van der Waals surface area (Å²) in [6.07, 6.45) is 10.2. The summed E-state index contributed by atoms with van der Waals surface area (Å²) < 4.78 is 5.24. The maximum absolute atomic E-state index is 5.24. The smallest absolute Gasteiger partial charge is 0.105 e. The van der Waals surface area contributed by atoms with Crippen LogP contribution in [-0.2, 0) is 4.74 Å². The Hall–Kier alpha value is -0.720. The van der Waals surface area contributed by atoms with Gasteiger partial charge in [0.15, 0.2) is 0 Å². The number of ether oxygens (including phenoxy) is 1. The lowest BCUT2D eigenvalue weighted by Crippen LogP contribution is -1.94. The number of hydrogen-bond acceptors (Lipinski definition) is 1. The van der Waals surface area contributed by atoms with Gasteiger partial charge in [-0.25, -0.2) is 0 Å². The summed E-state index contributed by atoms with van der Waals surface area (Å²) in [5.74, 6) is 0. The molecule has 0 N–H and O–H groups in total. The van der Waals surface area contributed by atoms with Gasteiger partial charge in [-0.2, -0.15) is 0 Å². The summed E-state index contributed by atoms with van der Waals surface area (Å²) in [6, 6.07) is 0. The lowest BCUT2D eigenvalue weighted by molar-refractivity contribution is 0.282. The van der Waals surface area contributed by atoms with Gasteiger partial charge < -0.3 is 4.74 Å². The van der Waals surface area contributed by atoms with Crippen molar-refractivity contribution in [1.82, 2.24) is 0 Å². The molecule has 0 saturated heterocycles. The molecule has 1 nitrogen and oxygen atoms in total. The van der Waals surface area contributed by atoms with Crippen molar-refractivity contribution in [3.63, 3.8) is 0 Å². The second-order valence-corrected chi connectivity index (χ2v) is 2.96. The molecule has 1 fully saturated rings. The molecule has 1 aliphatic rings. The second-order valence-electron chi connectivity index (χ2n) is 2.96. The first-order chi connectivity index (χ1) is 5.43. The average molecular weight is 152 g/mol. The zero-order chi connectivity index (χ0) is 7.94. The highest BCUT2D eigenvalue weighted by Gasteiger charge is 2.04. The lowest BCUT2D eigenvalue weighted by Gasteiger charge is -2.12. The molecule has 0 aromatic carbocycles. The van der Waals surface area contributed by atoms with Gasteiger partial charge in [0.05, 0.1) is 6.26 Å². The first-order valence-corrected chi connectivity index (χ1v) is 4.34. The lowest BCUT2D eigenvalue weighted by atomic mass is 9.96. The van der Waals surface area contributed by atoms with Gasteiger partial charge in [-0.05, 0) is 31.3 Å². The van der Waals surface area contributed by atoms with Crippen LogP contribution < -0.4 is 0 Å². The highest BCUT2D eigenvalue weighted by molar-refractivity contribution is 5.00. The van der Waals surface area contributed by atoms with E-state index in [1.807, 2.05) is 6.26 Å². The van der Waals surface area contributed by atoms with Gasteiger partial charge in [-0.15, -0.1) is 0 Å². The topological polar surface area (TPSA) is 9.23 Å². The molecule has 11 heavy (non-hydrogen) atoms. The van der Waals surface area contributed by atoms with Crippen molar-refractivity contribution < 1.29 is 4.74 Å². The van der Waals surface area contributed by atoms with Crippen LogP contribution in [-0.4, -0.2) is 6.61 Å². The van der Waals surface area contributed by atoms with E-state index in [9.17, 15) is 0 Å². The van der Waals surface area contributed by atoms with Crippen molar-refractivity contribution in [3.05, 3.63) is 24.5 Å². The van der Waals surface area contributed by atoms with Gasteiger partial charge in [0.25, 0.3) is 0 Å². The van der Waals surface area contributed by atoms with E-state index >= 15 is 0 Å². The fraction of sp³-hybridized carbons (Fsp3) is 0.600. The highest BCUT2D eigenvalue weighted by Crippen LogP contribution is 2.22. The van der Waals surface area contributed by atoms with Crippen LogP contribution in [0.4, 0.5) is 0 Å². The Kier molecular flexibility index (Phi) is 3.81. The van der Waals surface area contributed by atoms with Crippen molar-refractivity contribution in [2.75, 3.05) is 6.61 Å². The molecule has 1 heteroatoms. The summed E-state index contributed by atoms with van der Waals surface area (Å²) in [5.41, 5.74) is 1.47. The fourth-order valence-corrected chi connectivity index (χ4v) is 1.36. The number of rotatable bonds is 3. The molecule has 0 unspecified atom stereocenters. The molecule has 0 spiro atoms. The minimum absolute atomic E-state index is 0.642. The molecule has 62 valence electrons. The molecule has 0 amide bonds. The minimum atomic E-state index is 0.642. The summed E-state index contributed by atoms with van der Waals surface area (Å²) in [4.78, 5) is 0. The van der Waals surface area contributed by atoms with Crippen LogP contribution in [0.15, 0.2) is 24.5 Å². The van der Waals surface area contributed by atoms with E-state index < -0.39 is 0 Å². The van der Waals surface area contributed by atoms with E-state index in [1.165, 1.54) is 37.7 Å². The van der Waals surface area contributed by atoms with Crippen molar-refractivity contribution in [3.8, 4) is 0 Å². The zero-order valence-corrected chi connectivity index (χ0v) is 7.01. The van der Waals surface area contributed by atoms with Gasteiger partial charge in [-0.1, -0.05) is 19.1 Å². The third kappa shape index (κ3) is 3.26. The normalized spacial score (nSPS) is 17.6. The molecule has 0 heterocycles. The molecule has 0 radical (unpaired) electrons. The van der Waals surface area contributed by atoms with Crippen LogP contribution in [0.25, 0.3) is 0 Å². The van der Waals surface area contributed by atoms with Crippen molar-refractivity contribution in [2.45, 2.75) is 32.1 Å². The predicted molar refractivity (Wildman–Crippen MR) is 47.3 cm³/mol. The SMILES string of the molecule is C=CCOC=C1CCCCC1. The fourth-order valence-electron chi connectivity index (χ4n) is 1.36. The van der Waals surface area contributed by atoms with Crippen LogP contribution in [0.1, 0.15) is 32.1 Å². The molecule has 1 saturated carbocycles. The van der Waals surface area contributed by atoms with Crippen LogP contribution in [0.2, 0.25) is 0 Å². The number of allylic oxidation sites excluding steroid dienone is 1. The van der Waals surface area contributed by atoms with Gasteiger partial charge in [0.2, 0.25) is 0 Å². The Labute approximate surface area is 68.8 Å². The molecule has 0 atom stereocenters. The summed E-state index contributed by atoms with van der Waals surface area (Å²) in [6.45, 7) is 4.23. The predicted octanol–water partition coefficient (Wildman–Crippen LogP) is 3.04. The summed E-state index contributed by atoms with van der Waals surface area (Å²) in [5, 5.41) is 0. The van der Waals surface area contributed by atoms with E-state index in [0.29, 0.717) is 6.61 Å². The van der Waals surface area contributed by atoms with Crippen LogP contribution in [0, 0.1) is 0 Å². The van der Waals surface area contributed by atoms with E-state index in [-0.39, 0.29) is 0 Å². The highest BCUT2D eigenvalue weighted by atomic mass is 16.5.